The number of hydrogen-bond acceptors (Lipinski definition) is 3. The van der Waals surface area contributed by atoms with E-state index in [1.54, 1.807) is 18.2 Å². The molecule has 3 N–H and O–H groups in total. The van der Waals surface area contributed by atoms with Crippen LogP contribution >= 0.6 is 15.9 Å². The third-order valence-electron chi connectivity index (χ3n) is 2.80. The number of nitrogens with one attached hydrogen (secondary N) is 2. The Kier molecular flexibility index (Phi) is 7.01. The number of carboxylic acid groups (broad SMARTS) is 1. The number of rotatable bonds is 7. The number of carbonyl (C=O) groups excluding carboxylic acids is 1. The molecule has 0 fully saturated rings. The maximum Gasteiger partial charge on any atom is 0.319 e. The van der Waals surface area contributed by atoms with Crippen molar-refractivity contribution in [1.29, 1.82) is 0 Å². The minimum Gasteiger partial charge on any atom is -0.495 e. The quantitative estimate of drug-likeness (QED) is 0.698. The van der Waals surface area contributed by atoms with Gasteiger partial charge in [-0.1, -0.05) is 29.3 Å². The molecule has 116 valence electrons. The summed E-state index contributed by atoms with van der Waals surface area (Å²) in [4.78, 5) is 22.7. The zero-order chi connectivity index (χ0) is 15.8. The number of halogens is 1. The second-order valence-electron chi connectivity index (χ2n) is 4.53. The number of amides is 2. The van der Waals surface area contributed by atoms with E-state index in [9.17, 15) is 9.59 Å². The molecule has 6 nitrogen and oxygen atoms in total. The number of aliphatic carboxylic acids is 1. The zero-order valence-electron chi connectivity index (χ0n) is 12.0. The Labute approximate surface area is 132 Å². The van der Waals surface area contributed by atoms with Crippen molar-refractivity contribution in [3.05, 3.63) is 22.7 Å². The minimum atomic E-state index is -0.936. The Morgan fingerprint density at radius 3 is 2.71 bits per heavy atom. The molecule has 2 amide bonds. The van der Waals surface area contributed by atoms with Crippen LogP contribution in [0, 0.1) is 0 Å². The van der Waals surface area contributed by atoms with Gasteiger partial charge < -0.3 is 20.5 Å². The van der Waals surface area contributed by atoms with Gasteiger partial charge in [0.2, 0.25) is 0 Å². The van der Waals surface area contributed by atoms with Crippen LogP contribution in [0.25, 0.3) is 0 Å². The van der Waals surface area contributed by atoms with Gasteiger partial charge in [-0.2, -0.15) is 0 Å². The average Bonchev–Trinajstić information content (AvgIpc) is 2.38. The van der Waals surface area contributed by atoms with E-state index in [0.717, 1.165) is 10.9 Å². The first-order chi connectivity index (χ1) is 9.96. The smallest absolute Gasteiger partial charge is 0.319 e. The molecular formula is C14H19BrN2O4. The van der Waals surface area contributed by atoms with E-state index < -0.39 is 18.0 Å². The average molecular weight is 359 g/mol. The van der Waals surface area contributed by atoms with Gasteiger partial charge in [0, 0.05) is 10.5 Å². The van der Waals surface area contributed by atoms with E-state index in [2.05, 4.69) is 26.6 Å². The Balaban J connectivity index is 2.71. The van der Waals surface area contributed by atoms with E-state index in [1.165, 1.54) is 7.11 Å². The van der Waals surface area contributed by atoms with Crippen LogP contribution in [0.15, 0.2) is 22.7 Å². The summed E-state index contributed by atoms with van der Waals surface area (Å²) < 4.78 is 5.96. The van der Waals surface area contributed by atoms with Crippen LogP contribution in [0.4, 0.5) is 10.5 Å². The molecule has 7 heteroatoms. The summed E-state index contributed by atoms with van der Waals surface area (Å²) in [7, 11) is 1.51. The summed E-state index contributed by atoms with van der Waals surface area (Å²) in [6, 6.07) is 4.38. The second-order valence-corrected chi connectivity index (χ2v) is 5.44. The molecule has 1 atom stereocenters. The van der Waals surface area contributed by atoms with Crippen molar-refractivity contribution in [2.24, 2.45) is 0 Å². The first-order valence-electron chi connectivity index (χ1n) is 6.59. The molecule has 0 aromatic heterocycles. The molecule has 0 radical (unpaired) electrons. The van der Waals surface area contributed by atoms with Crippen LogP contribution in [0.2, 0.25) is 0 Å². The van der Waals surface area contributed by atoms with Crippen molar-refractivity contribution in [3.63, 3.8) is 0 Å². The second kappa shape index (κ2) is 8.51. The number of carbonyl (C=O) groups is 2. The highest BCUT2D eigenvalue weighted by Crippen LogP contribution is 2.27. The van der Waals surface area contributed by atoms with E-state index in [0.29, 0.717) is 17.9 Å². The summed E-state index contributed by atoms with van der Waals surface area (Å²) in [5.41, 5.74) is 0.509. The largest absolute Gasteiger partial charge is 0.495 e. The highest BCUT2D eigenvalue weighted by Gasteiger charge is 2.16. The van der Waals surface area contributed by atoms with Gasteiger partial charge in [-0.3, -0.25) is 4.79 Å². The third-order valence-corrected chi connectivity index (χ3v) is 3.30. The Hall–Kier alpha value is -1.76. The molecule has 0 saturated heterocycles. The summed E-state index contributed by atoms with van der Waals surface area (Å²) in [5, 5.41) is 14.2. The first-order valence-corrected chi connectivity index (χ1v) is 7.38. The topological polar surface area (TPSA) is 87.7 Å². The molecular weight excluding hydrogens is 340 g/mol. The maximum absolute atomic E-state index is 12.0. The lowest BCUT2D eigenvalue weighted by atomic mass is 10.1. The number of benzene rings is 1. The number of carboxylic acids is 1. The van der Waals surface area contributed by atoms with E-state index in [1.807, 2.05) is 6.92 Å². The van der Waals surface area contributed by atoms with Crippen LogP contribution in [-0.2, 0) is 4.79 Å². The van der Waals surface area contributed by atoms with Crippen molar-refractivity contribution in [2.45, 2.75) is 32.2 Å². The molecule has 1 rings (SSSR count). The lowest BCUT2D eigenvalue weighted by Crippen LogP contribution is -2.39. The standard InChI is InChI=1S/C14H19BrN2O4/c1-3-4-10(8-13(18)19)16-14(20)17-11-7-9(15)5-6-12(11)21-2/h5-7,10H,3-4,8H2,1-2H3,(H,18,19)(H2,16,17,20). The number of urea groups is 1. The molecule has 0 saturated carbocycles. The molecule has 0 aliphatic rings. The van der Waals surface area contributed by atoms with Crippen LogP contribution in [0.3, 0.4) is 0 Å². The molecule has 0 bridgehead atoms. The van der Waals surface area contributed by atoms with Gasteiger partial charge in [0.25, 0.3) is 0 Å². The lowest BCUT2D eigenvalue weighted by molar-refractivity contribution is -0.137. The highest BCUT2D eigenvalue weighted by molar-refractivity contribution is 9.10. The van der Waals surface area contributed by atoms with Gasteiger partial charge in [-0.05, 0) is 24.6 Å². The molecule has 1 aromatic carbocycles. The normalized spacial score (nSPS) is 11.6. The first kappa shape index (κ1) is 17.3. The van der Waals surface area contributed by atoms with Gasteiger partial charge in [0.15, 0.2) is 0 Å². The Bertz CT molecular complexity index is 508. The van der Waals surface area contributed by atoms with E-state index >= 15 is 0 Å². The Morgan fingerprint density at radius 1 is 1.43 bits per heavy atom. The SMILES string of the molecule is CCCC(CC(=O)O)NC(=O)Nc1cc(Br)ccc1OC. The van der Waals surface area contributed by atoms with Crippen LogP contribution < -0.4 is 15.4 Å². The van der Waals surface area contributed by atoms with Gasteiger partial charge in [0.1, 0.15) is 5.75 Å². The van der Waals surface area contributed by atoms with Crippen molar-refractivity contribution in [1.82, 2.24) is 5.32 Å². The molecule has 0 aliphatic heterocycles. The van der Waals surface area contributed by atoms with Crippen LogP contribution in [-0.4, -0.2) is 30.3 Å². The minimum absolute atomic E-state index is 0.100. The van der Waals surface area contributed by atoms with Gasteiger partial charge in [-0.25, -0.2) is 4.79 Å². The lowest BCUT2D eigenvalue weighted by Gasteiger charge is -2.17. The van der Waals surface area contributed by atoms with Crippen molar-refractivity contribution in [3.8, 4) is 5.75 Å². The van der Waals surface area contributed by atoms with Crippen LogP contribution in [0.5, 0.6) is 5.75 Å². The summed E-state index contributed by atoms with van der Waals surface area (Å²) in [5.74, 6) is -0.410. The predicted molar refractivity (Wildman–Crippen MR) is 83.8 cm³/mol. The highest BCUT2D eigenvalue weighted by atomic mass is 79.9. The predicted octanol–water partition coefficient (Wildman–Crippen LogP) is 3.22. The van der Waals surface area contributed by atoms with Crippen molar-refractivity contribution in [2.75, 3.05) is 12.4 Å². The summed E-state index contributed by atoms with van der Waals surface area (Å²) in [6.45, 7) is 1.94. The molecule has 21 heavy (non-hydrogen) atoms. The fraction of sp³-hybridized carbons (Fsp3) is 0.429. The Morgan fingerprint density at radius 2 is 2.14 bits per heavy atom. The number of methoxy groups -OCH3 is 1. The third kappa shape index (κ3) is 6.03. The number of hydrogen-bond donors (Lipinski definition) is 3. The van der Waals surface area contributed by atoms with Crippen LogP contribution in [0.1, 0.15) is 26.2 Å². The number of anilines is 1. The zero-order valence-corrected chi connectivity index (χ0v) is 13.6. The molecule has 0 heterocycles. The van der Waals surface area contributed by atoms with Gasteiger partial charge in [-0.15, -0.1) is 0 Å². The van der Waals surface area contributed by atoms with Gasteiger partial charge >= 0.3 is 12.0 Å². The fourth-order valence-electron chi connectivity index (χ4n) is 1.91. The van der Waals surface area contributed by atoms with E-state index in [4.69, 9.17) is 9.84 Å². The summed E-state index contributed by atoms with van der Waals surface area (Å²) in [6.07, 6.45) is 1.30. The molecule has 0 aliphatic carbocycles. The monoisotopic (exact) mass is 358 g/mol. The molecule has 1 unspecified atom stereocenters. The van der Waals surface area contributed by atoms with Crippen molar-refractivity contribution < 1.29 is 19.4 Å². The van der Waals surface area contributed by atoms with Crippen molar-refractivity contribution >= 4 is 33.6 Å². The number of ether oxygens (including phenoxy) is 1. The van der Waals surface area contributed by atoms with E-state index in [-0.39, 0.29) is 6.42 Å². The molecule has 1 aromatic rings. The summed E-state index contributed by atoms with van der Waals surface area (Å²) >= 11 is 3.32. The molecule has 0 spiro atoms. The fourth-order valence-corrected chi connectivity index (χ4v) is 2.27. The maximum atomic E-state index is 12.0. The van der Waals surface area contributed by atoms with Gasteiger partial charge in [0.05, 0.1) is 19.2 Å².